The lowest BCUT2D eigenvalue weighted by Gasteiger charge is -2.45. The maximum Gasteiger partial charge on any atom is 0.214 e. The standard InChI is InChI=1S/C17H22N2O2/c1-11-15(16(20)17(11,2)21-3)19-7-6-13-5-4-12(9-18)8-14(13)10-19/h4-5,8H,6-7,9-10,18H2,1-3H3. The number of rotatable bonds is 3. The van der Waals surface area contributed by atoms with Crippen LogP contribution in [-0.4, -0.2) is 29.9 Å². The molecule has 0 spiro atoms. The van der Waals surface area contributed by atoms with Crippen LogP contribution in [0, 0.1) is 0 Å². The first-order valence-electron chi connectivity index (χ1n) is 7.38. The van der Waals surface area contributed by atoms with E-state index in [1.54, 1.807) is 7.11 Å². The quantitative estimate of drug-likeness (QED) is 0.920. The minimum atomic E-state index is -0.727. The number of carbonyl (C=O) groups is 1. The van der Waals surface area contributed by atoms with Gasteiger partial charge in [-0.3, -0.25) is 4.79 Å². The fraction of sp³-hybridized carbons (Fsp3) is 0.471. The van der Waals surface area contributed by atoms with Crippen molar-refractivity contribution in [2.45, 2.75) is 39.0 Å². The van der Waals surface area contributed by atoms with Crippen LogP contribution < -0.4 is 5.73 Å². The molecule has 2 N–H and O–H groups in total. The van der Waals surface area contributed by atoms with Gasteiger partial charge in [0.25, 0.3) is 0 Å². The summed E-state index contributed by atoms with van der Waals surface area (Å²) in [7, 11) is 1.59. The molecular formula is C17H22N2O2. The van der Waals surface area contributed by atoms with Crippen LogP contribution in [0.3, 0.4) is 0 Å². The molecule has 4 nitrogen and oxygen atoms in total. The summed E-state index contributed by atoms with van der Waals surface area (Å²) in [4.78, 5) is 14.6. The van der Waals surface area contributed by atoms with E-state index in [2.05, 4.69) is 23.1 Å². The molecule has 1 aliphatic carbocycles. The Hall–Kier alpha value is -1.65. The van der Waals surface area contributed by atoms with E-state index in [4.69, 9.17) is 10.5 Å². The molecule has 0 saturated heterocycles. The van der Waals surface area contributed by atoms with Gasteiger partial charge in [-0.15, -0.1) is 0 Å². The summed E-state index contributed by atoms with van der Waals surface area (Å²) >= 11 is 0. The average Bonchev–Trinajstić information content (AvgIpc) is 2.53. The number of hydrogen-bond donors (Lipinski definition) is 1. The van der Waals surface area contributed by atoms with Crippen molar-refractivity contribution in [2.24, 2.45) is 5.73 Å². The highest BCUT2D eigenvalue weighted by Gasteiger charge is 2.50. The Morgan fingerprint density at radius 1 is 1.38 bits per heavy atom. The van der Waals surface area contributed by atoms with Crippen molar-refractivity contribution in [1.29, 1.82) is 0 Å². The molecule has 112 valence electrons. The number of ether oxygens (including phenoxy) is 1. The van der Waals surface area contributed by atoms with Crippen LogP contribution in [0.2, 0.25) is 0 Å². The fourth-order valence-corrected chi connectivity index (χ4v) is 3.28. The minimum absolute atomic E-state index is 0.0981. The van der Waals surface area contributed by atoms with Crippen molar-refractivity contribution in [1.82, 2.24) is 4.90 Å². The van der Waals surface area contributed by atoms with Crippen molar-refractivity contribution >= 4 is 5.78 Å². The van der Waals surface area contributed by atoms with E-state index in [0.717, 1.165) is 36.3 Å². The van der Waals surface area contributed by atoms with Crippen molar-refractivity contribution < 1.29 is 9.53 Å². The number of Topliss-reactive ketones (excluding diaryl/α,β-unsaturated/α-hetero) is 1. The second kappa shape index (κ2) is 4.97. The van der Waals surface area contributed by atoms with E-state index < -0.39 is 5.60 Å². The predicted molar refractivity (Wildman–Crippen MR) is 81.6 cm³/mol. The van der Waals surface area contributed by atoms with E-state index in [0.29, 0.717) is 6.54 Å². The van der Waals surface area contributed by atoms with E-state index in [1.807, 2.05) is 13.8 Å². The SMILES string of the molecule is COC1(C)C(=O)C(N2CCc3ccc(CN)cc3C2)=C1C. The number of hydrogen-bond acceptors (Lipinski definition) is 4. The van der Waals surface area contributed by atoms with Crippen LogP contribution in [0.5, 0.6) is 0 Å². The number of fused-ring (bicyclic) bond motifs is 1. The molecule has 1 atom stereocenters. The van der Waals surface area contributed by atoms with Crippen LogP contribution in [0.15, 0.2) is 29.5 Å². The van der Waals surface area contributed by atoms with Gasteiger partial charge in [-0.25, -0.2) is 0 Å². The Labute approximate surface area is 125 Å². The van der Waals surface area contributed by atoms with Crippen LogP contribution in [0.25, 0.3) is 0 Å². The molecule has 1 aromatic rings. The Morgan fingerprint density at radius 3 is 2.76 bits per heavy atom. The topological polar surface area (TPSA) is 55.6 Å². The molecule has 1 heterocycles. The van der Waals surface area contributed by atoms with Gasteiger partial charge in [0.05, 0.1) is 5.70 Å². The minimum Gasteiger partial charge on any atom is -0.366 e. The first-order chi connectivity index (χ1) is 10.0. The highest BCUT2D eigenvalue weighted by molar-refractivity contribution is 6.11. The Bertz CT molecular complexity index is 636. The van der Waals surface area contributed by atoms with Crippen molar-refractivity contribution in [3.05, 3.63) is 46.2 Å². The Balaban J connectivity index is 1.89. The van der Waals surface area contributed by atoms with Gasteiger partial charge >= 0.3 is 0 Å². The van der Waals surface area contributed by atoms with E-state index in [1.165, 1.54) is 11.1 Å². The first-order valence-corrected chi connectivity index (χ1v) is 7.38. The maximum atomic E-state index is 12.4. The van der Waals surface area contributed by atoms with Crippen LogP contribution in [-0.2, 0) is 29.0 Å². The number of benzene rings is 1. The first kappa shape index (κ1) is 14.3. The summed E-state index contributed by atoms with van der Waals surface area (Å²) in [6.45, 7) is 6.05. The zero-order chi connectivity index (χ0) is 15.2. The van der Waals surface area contributed by atoms with Crippen molar-refractivity contribution in [3.8, 4) is 0 Å². The molecular weight excluding hydrogens is 264 g/mol. The fourth-order valence-electron chi connectivity index (χ4n) is 3.28. The number of nitrogens with zero attached hydrogens (tertiary/aromatic N) is 1. The second-order valence-corrected chi connectivity index (χ2v) is 6.02. The second-order valence-electron chi connectivity index (χ2n) is 6.02. The Kier molecular flexibility index (Phi) is 3.38. The van der Waals surface area contributed by atoms with Crippen LogP contribution >= 0.6 is 0 Å². The number of nitrogens with two attached hydrogens (primary N) is 1. The third-order valence-electron chi connectivity index (χ3n) is 4.96. The summed E-state index contributed by atoms with van der Waals surface area (Å²) in [6, 6.07) is 6.42. The third kappa shape index (κ3) is 2.01. The summed E-state index contributed by atoms with van der Waals surface area (Å²) in [6.07, 6.45) is 0.966. The van der Waals surface area contributed by atoms with Gasteiger partial charge in [-0.05, 0) is 42.5 Å². The molecule has 1 aliphatic heterocycles. The normalized spacial score (nSPS) is 25.0. The van der Waals surface area contributed by atoms with Gasteiger partial charge < -0.3 is 15.4 Å². The summed E-state index contributed by atoms with van der Waals surface area (Å²) in [5, 5.41) is 0. The summed E-state index contributed by atoms with van der Waals surface area (Å²) in [5.41, 5.74) is 10.6. The van der Waals surface area contributed by atoms with Gasteiger partial charge in [0.2, 0.25) is 5.78 Å². The maximum absolute atomic E-state index is 12.4. The molecule has 3 rings (SSSR count). The highest BCUT2D eigenvalue weighted by Crippen LogP contribution is 2.40. The molecule has 0 fully saturated rings. The van der Waals surface area contributed by atoms with Crippen LogP contribution in [0.4, 0.5) is 0 Å². The van der Waals surface area contributed by atoms with Gasteiger partial charge in [0.1, 0.15) is 0 Å². The lowest BCUT2D eigenvalue weighted by molar-refractivity contribution is -0.138. The Morgan fingerprint density at radius 2 is 2.14 bits per heavy atom. The summed E-state index contributed by atoms with van der Waals surface area (Å²) < 4.78 is 5.37. The highest BCUT2D eigenvalue weighted by atomic mass is 16.5. The number of methoxy groups -OCH3 is 1. The van der Waals surface area contributed by atoms with E-state index in [-0.39, 0.29) is 5.78 Å². The lowest BCUT2D eigenvalue weighted by atomic mass is 9.76. The molecule has 0 saturated carbocycles. The molecule has 2 aliphatic rings. The molecule has 0 aromatic heterocycles. The van der Waals surface area contributed by atoms with Gasteiger partial charge in [0.15, 0.2) is 5.60 Å². The molecule has 1 aromatic carbocycles. The zero-order valence-electron chi connectivity index (χ0n) is 12.9. The number of carbonyl (C=O) groups excluding carboxylic acids is 1. The molecule has 0 bridgehead atoms. The van der Waals surface area contributed by atoms with E-state index >= 15 is 0 Å². The van der Waals surface area contributed by atoms with Gasteiger partial charge in [0, 0.05) is 26.7 Å². The van der Waals surface area contributed by atoms with Crippen LogP contribution in [0.1, 0.15) is 30.5 Å². The average molecular weight is 286 g/mol. The van der Waals surface area contributed by atoms with Gasteiger partial charge in [-0.2, -0.15) is 0 Å². The van der Waals surface area contributed by atoms with Crippen molar-refractivity contribution in [2.75, 3.05) is 13.7 Å². The zero-order valence-corrected chi connectivity index (χ0v) is 12.9. The molecule has 21 heavy (non-hydrogen) atoms. The molecule has 1 unspecified atom stereocenters. The number of ketones is 1. The smallest absolute Gasteiger partial charge is 0.214 e. The van der Waals surface area contributed by atoms with Crippen molar-refractivity contribution in [3.63, 3.8) is 0 Å². The predicted octanol–water partition coefficient (Wildman–Crippen LogP) is 1.77. The van der Waals surface area contributed by atoms with Gasteiger partial charge in [-0.1, -0.05) is 18.2 Å². The molecule has 4 heteroatoms. The summed E-state index contributed by atoms with van der Waals surface area (Å²) in [5.74, 6) is 0.0981. The monoisotopic (exact) mass is 286 g/mol. The largest absolute Gasteiger partial charge is 0.366 e. The third-order valence-corrected chi connectivity index (χ3v) is 4.96. The molecule has 0 amide bonds. The lowest BCUT2D eigenvalue weighted by Crippen LogP contribution is -2.54. The van der Waals surface area contributed by atoms with E-state index in [9.17, 15) is 4.79 Å². The molecule has 0 radical (unpaired) electrons.